The van der Waals surface area contributed by atoms with Crippen molar-refractivity contribution >= 4 is 33.5 Å². The van der Waals surface area contributed by atoms with Crippen molar-refractivity contribution in [3.8, 4) is 11.4 Å². The number of amides is 2. The van der Waals surface area contributed by atoms with E-state index >= 15 is 0 Å². The Hall–Kier alpha value is -4.54. The fraction of sp³-hybridized carbons (Fsp3) is 0.320. The molecule has 0 saturated carbocycles. The second-order valence-electron chi connectivity index (χ2n) is 10.1. The van der Waals surface area contributed by atoms with Crippen molar-refractivity contribution in [3.05, 3.63) is 59.2 Å². The second kappa shape index (κ2) is 10.7. The molecule has 1 aliphatic heterocycles. The van der Waals surface area contributed by atoms with Crippen LogP contribution in [-0.2, 0) is 32.1 Å². The molecule has 2 aromatic carbocycles. The first-order valence-electron chi connectivity index (χ1n) is 12.0. The first-order valence-corrected chi connectivity index (χ1v) is 13.6. The third-order valence-corrected chi connectivity index (χ3v) is 7.54. The second-order valence-corrected chi connectivity index (χ2v) is 12.1. The normalized spacial score (nSPS) is 16.9. The Balaban J connectivity index is 1.74. The Labute approximate surface area is 235 Å². The van der Waals surface area contributed by atoms with E-state index in [0.717, 1.165) is 4.90 Å². The number of alkyl halides is 3. The summed E-state index contributed by atoms with van der Waals surface area (Å²) in [4.78, 5) is 41.2. The minimum atomic E-state index is -4.86. The molecule has 17 heteroatoms. The molecule has 2 amide bonds. The number of nitrogens with one attached hydrogen (secondary N) is 1. The SMILES string of the molecule is CC(C)(C)OC(=O)N[C@H]1CS(=O)(=O)c2cc(F)c(C(=O)O)cc2N(Cc2ccc(-c3noc(C(F)(F)F)n3)cc2)C1=O. The Morgan fingerprint density at radius 3 is 2.36 bits per heavy atom. The molecule has 2 heterocycles. The number of halogens is 4. The first-order chi connectivity index (χ1) is 19.4. The summed E-state index contributed by atoms with van der Waals surface area (Å²) in [6, 6.07) is 4.82. The van der Waals surface area contributed by atoms with Crippen molar-refractivity contribution in [1.29, 1.82) is 0 Å². The quantitative estimate of drug-likeness (QED) is 0.403. The zero-order valence-electron chi connectivity index (χ0n) is 22.0. The number of benzene rings is 2. The summed E-state index contributed by atoms with van der Waals surface area (Å²) in [6.45, 7) is 4.20. The van der Waals surface area contributed by atoms with E-state index in [1.54, 1.807) is 20.8 Å². The number of carbonyl (C=O) groups is 3. The molecule has 4 rings (SSSR count). The topological polar surface area (TPSA) is 169 Å². The van der Waals surface area contributed by atoms with Gasteiger partial charge in [0.1, 0.15) is 17.5 Å². The highest BCUT2D eigenvalue weighted by Crippen LogP contribution is 2.35. The summed E-state index contributed by atoms with van der Waals surface area (Å²) in [7, 11) is -4.48. The van der Waals surface area contributed by atoms with E-state index in [2.05, 4.69) is 20.0 Å². The number of alkyl carbamates (subject to hydrolysis) is 1. The maximum absolute atomic E-state index is 14.6. The Bertz CT molecular complexity index is 1660. The monoisotopic (exact) mass is 614 g/mol. The third-order valence-electron chi connectivity index (χ3n) is 5.77. The molecule has 0 fully saturated rings. The lowest BCUT2D eigenvalue weighted by Crippen LogP contribution is -2.51. The minimum Gasteiger partial charge on any atom is -0.478 e. The molecule has 0 spiro atoms. The van der Waals surface area contributed by atoms with Crippen LogP contribution in [0.2, 0.25) is 0 Å². The van der Waals surface area contributed by atoms with Crippen molar-refractivity contribution in [2.45, 2.75) is 50.0 Å². The summed E-state index contributed by atoms with van der Waals surface area (Å²) in [5, 5.41) is 14.9. The van der Waals surface area contributed by atoms with Gasteiger partial charge in [0.2, 0.25) is 5.82 Å². The maximum Gasteiger partial charge on any atom is 0.471 e. The predicted molar refractivity (Wildman–Crippen MR) is 134 cm³/mol. The van der Waals surface area contributed by atoms with E-state index in [9.17, 15) is 45.5 Å². The maximum atomic E-state index is 14.6. The van der Waals surface area contributed by atoms with E-state index in [4.69, 9.17) is 4.74 Å². The van der Waals surface area contributed by atoms with Crippen LogP contribution in [0.1, 0.15) is 42.6 Å². The number of hydrogen-bond donors (Lipinski definition) is 2. The molecule has 0 unspecified atom stereocenters. The van der Waals surface area contributed by atoms with Gasteiger partial charge in [-0.25, -0.2) is 22.4 Å². The van der Waals surface area contributed by atoms with E-state index in [1.807, 2.05) is 0 Å². The number of carboxylic acid groups (broad SMARTS) is 1. The van der Waals surface area contributed by atoms with Crippen LogP contribution >= 0.6 is 0 Å². The summed E-state index contributed by atoms with van der Waals surface area (Å²) >= 11 is 0. The van der Waals surface area contributed by atoms with Gasteiger partial charge in [-0.15, -0.1) is 0 Å². The molecule has 12 nitrogen and oxygen atoms in total. The summed E-state index contributed by atoms with van der Waals surface area (Å²) in [6.07, 6.45) is -5.97. The number of aromatic carboxylic acids is 1. The Kier molecular flexibility index (Phi) is 7.75. The lowest BCUT2D eigenvalue weighted by molar-refractivity contribution is -0.159. The predicted octanol–water partition coefficient (Wildman–Crippen LogP) is 3.81. The van der Waals surface area contributed by atoms with Gasteiger partial charge in [-0.05, 0) is 38.5 Å². The number of fused-ring (bicyclic) bond motifs is 1. The van der Waals surface area contributed by atoms with Crippen LogP contribution < -0.4 is 10.2 Å². The molecule has 2 N–H and O–H groups in total. The van der Waals surface area contributed by atoms with E-state index in [1.165, 1.54) is 24.3 Å². The number of hydrogen-bond acceptors (Lipinski definition) is 9. The van der Waals surface area contributed by atoms with Crippen LogP contribution in [0.25, 0.3) is 11.4 Å². The lowest BCUT2D eigenvalue weighted by Gasteiger charge is -2.27. The summed E-state index contributed by atoms with van der Waals surface area (Å²) in [5.74, 6) is -6.99. The zero-order chi connectivity index (χ0) is 31.2. The van der Waals surface area contributed by atoms with Crippen LogP contribution in [0, 0.1) is 5.82 Å². The number of sulfone groups is 1. The van der Waals surface area contributed by atoms with Gasteiger partial charge < -0.3 is 24.6 Å². The average molecular weight is 615 g/mol. The molecule has 1 aromatic heterocycles. The number of rotatable bonds is 5. The highest BCUT2D eigenvalue weighted by atomic mass is 32.2. The van der Waals surface area contributed by atoms with Crippen LogP contribution in [0.4, 0.5) is 28.0 Å². The zero-order valence-corrected chi connectivity index (χ0v) is 22.8. The molecule has 0 aliphatic carbocycles. The Morgan fingerprint density at radius 2 is 1.81 bits per heavy atom. The van der Waals surface area contributed by atoms with Gasteiger partial charge in [0.25, 0.3) is 5.91 Å². The third kappa shape index (κ3) is 6.50. The molecule has 1 aliphatic rings. The largest absolute Gasteiger partial charge is 0.478 e. The number of anilines is 1. The summed E-state index contributed by atoms with van der Waals surface area (Å²) in [5.41, 5.74) is -1.96. The van der Waals surface area contributed by atoms with Gasteiger partial charge in [-0.3, -0.25) is 4.79 Å². The average Bonchev–Trinajstić information content (AvgIpc) is 3.34. The number of ether oxygens (including phenoxy) is 1. The van der Waals surface area contributed by atoms with Crippen molar-refractivity contribution in [2.24, 2.45) is 0 Å². The van der Waals surface area contributed by atoms with E-state index in [0.29, 0.717) is 12.1 Å². The molecule has 0 saturated heterocycles. The van der Waals surface area contributed by atoms with Gasteiger partial charge in [0.05, 0.1) is 28.4 Å². The number of carbonyl (C=O) groups excluding carboxylic acids is 2. The van der Waals surface area contributed by atoms with Crippen LogP contribution in [0.5, 0.6) is 0 Å². The molecular weight excluding hydrogens is 592 g/mol. The smallest absolute Gasteiger partial charge is 0.471 e. The van der Waals surface area contributed by atoms with E-state index < -0.39 is 85.8 Å². The van der Waals surface area contributed by atoms with Crippen molar-refractivity contribution in [1.82, 2.24) is 15.5 Å². The fourth-order valence-electron chi connectivity index (χ4n) is 3.97. The summed E-state index contributed by atoms with van der Waals surface area (Å²) < 4.78 is 88.9. The van der Waals surface area contributed by atoms with Crippen molar-refractivity contribution in [2.75, 3.05) is 10.7 Å². The van der Waals surface area contributed by atoms with Gasteiger partial charge in [0.15, 0.2) is 9.84 Å². The first kappa shape index (κ1) is 30.4. The van der Waals surface area contributed by atoms with E-state index in [-0.39, 0.29) is 17.0 Å². The highest BCUT2D eigenvalue weighted by molar-refractivity contribution is 7.91. The van der Waals surface area contributed by atoms with Gasteiger partial charge in [0, 0.05) is 5.56 Å². The molecule has 3 aromatic rings. The fourth-order valence-corrected chi connectivity index (χ4v) is 5.58. The lowest BCUT2D eigenvalue weighted by atomic mass is 10.1. The van der Waals surface area contributed by atoms with Gasteiger partial charge in [-0.2, -0.15) is 18.2 Å². The number of carboxylic acids is 1. The minimum absolute atomic E-state index is 0.114. The molecule has 1 atom stereocenters. The highest BCUT2D eigenvalue weighted by Gasteiger charge is 2.41. The molecule has 0 bridgehead atoms. The van der Waals surface area contributed by atoms with Gasteiger partial charge >= 0.3 is 24.1 Å². The molecule has 0 radical (unpaired) electrons. The standard InChI is InChI=1S/C25H22F4N4O8S/c1-24(2,3)40-23(37)30-16-11-42(38,39)18-9-15(26)14(21(35)36)8-17(18)33(20(16)34)10-12-4-6-13(7-5-12)19-31-22(41-32-19)25(27,28)29/h4-9,16H,10-11H2,1-3H3,(H,30,37)(H,35,36)/t16-/m0/s1. The van der Waals surface area contributed by atoms with Crippen molar-refractivity contribution in [3.63, 3.8) is 0 Å². The molecule has 224 valence electrons. The van der Waals surface area contributed by atoms with Gasteiger partial charge in [-0.1, -0.05) is 29.4 Å². The van der Waals surface area contributed by atoms with Crippen LogP contribution in [0.15, 0.2) is 45.8 Å². The number of aromatic nitrogens is 2. The molecule has 42 heavy (non-hydrogen) atoms. The number of nitrogens with zero attached hydrogens (tertiary/aromatic N) is 3. The van der Waals surface area contributed by atoms with Crippen molar-refractivity contribution < 1.29 is 54.7 Å². The molecular formula is C25H22F4N4O8S. The van der Waals surface area contributed by atoms with Crippen LogP contribution in [0.3, 0.4) is 0 Å². The van der Waals surface area contributed by atoms with Crippen LogP contribution in [-0.4, -0.2) is 59.0 Å². The Morgan fingerprint density at radius 1 is 1.17 bits per heavy atom.